The Labute approximate surface area is 116 Å². The molecule has 0 heterocycles. The summed E-state index contributed by atoms with van der Waals surface area (Å²) in [5.74, 6) is -0.153. The van der Waals surface area contributed by atoms with Crippen LogP contribution in [0, 0.1) is 0 Å². The Morgan fingerprint density at radius 3 is 2.45 bits per heavy atom. The first-order chi connectivity index (χ1) is 9.50. The predicted molar refractivity (Wildman–Crippen MR) is 75.3 cm³/mol. The van der Waals surface area contributed by atoms with Gasteiger partial charge in [-0.2, -0.15) is 0 Å². The molecule has 2 unspecified atom stereocenters. The van der Waals surface area contributed by atoms with Gasteiger partial charge in [-0.05, 0) is 17.0 Å². The maximum absolute atomic E-state index is 10.8. The van der Waals surface area contributed by atoms with Gasteiger partial charge in [-0.25, -0.2) is 0 Å². The van der Waals surface area contributed by atoms with Crippen molar-refractivity contribution >= 4 is 16.7 Å². The highest BCUT2D eigenvalue weighted by atomic mass is 16.3. The number of aliphatic hydroxyl groups excluding tert-OH is 2. The summed E-state index contributed by atoms with van der Waals surface area (Å²) in [6.07, 6.45) is -2.26. The molecule has 0 spiro atoms. The molecular weight excluding hydrogens is 258 g/mol. The first kappa shape index (κ1) is 14.3. The Kier molecular flexibility index (Phi) is 4.22. The lowest BCUT2D eigenvalue weighted by Crippen LogP contribution is -2.34. The van der Waals surface area contributed by atoms with Gasteiger partial charge in [-0.15, -0.1) is 0 Å². The van der Waals surface area contributed by atoms with Gasteiger partial charge in [0, 0.05) is 18.9 Å². The van der Waals surface area contributed by atoms with Crippen LogP contribution in [-0.2, 0) is 4.79 Å². The van der Waals surface area contributed by atoms with Crippen molar-refractivity contribution in [3.05, 3.63) is 42.0 Å². The molecule has 5 heteroatoms. The zero-order valence-corrected chi connectivity index (χ0v) is 11.1. The van der Waals surface area contributed by atoms with Crippen LogP contribution in [0.3, 0.4) is 0 Å². The molecule has 0 aliphatic carbocycles. The standard InChI is InChI=1S/C15H17NO4/c1-9(17)16-8-14(19)15(20)12-6-7-13(18)11-5-3-2-4-10(11)12/h2-7,14-15,18-20H,8H2,1H3,(H,16,17). The number of hydrogen-bond acceptors (Lipinski definition) is 4. The van der Waals surface area contributed by atoms with Crippen molar-refractivity contribution in [1.29, 1.82) is 0 Å². The summed E-state index contributed by atoms with van der Waals surface area (Å²) in [6, 6.07) is 10.1. The summed E-state index contributed by atoms with van der Waals surface area (Å²) in [7, 11) is 0. The number of benzene rings is 2. The number of phenols is 1. The number of fused-ring (bicyclic) bond motifs is 1. The molecule has 20 heavy (non-hydrogen) atoms. The minimum atomic E-state index is -1.15. The number of aromatic hydroxyl groups is 1. The fourth-order valence-electron chi connectivity index (χ4n) is 2.13. The summed E-state index contributed by atoms with van der Waals surface area (Å²) < 4.78 is 0. The van der Waals surface area contributed by atoms with Gasteiger partial charge in [-0.1, -0.05) is 30.3 Å². The minimum Gasteiger partial charge on any atom is -0.507 e. The molecule has 4 N–H and O–H groups in total. The molecule has 2 aromatic rings. The Hall–Kier alpha value is -2.11. The molecule has 2 atom stereocenters. The first-order valence-corrected chi connectivity index (χ1v) is 6.32. The lowest BCUT2D eigenvalue weighted by Gasteiger charge is -2.20. The zero-order chi connectivity index (χ0) is 14.7. The fraction of sp³-hybridized carbons (Fsp3) is 0.267. The van der Waals surface area contributed by atoms with Gasteiger partial charge < -0.3 is 20.6 Å². The fourth-order valence-corrected chi connectivity index (χ4v) is 2.13. The van der Waals surface area contributed by atoms with Gasteiger partial charge in [0.05, 0.1) is 0 Å². The van der Waals surface area contributed by atoms with Crippen molar-refractivity contribution in [3.63, 3.8) is 0 Å². The Morgan fingerprint density at radius 1 is 1.15 bits per heavy atom. The topological polar surface area (TPSA) is 89.8 Å². The van der Waals surface area contributed by atoms with Crippen LogP contribution in [0.4, 0.5) is 0 Å². The lowest BCUT2D eigenvalue weighted by molar-refractivity contribution is -0.119. The van der Waals surface area contributed by atoms with Crippen LogP contribution < -0.4 is 5.32 Å². The number of rotatable bonds is 4. The van der Waals surface area contributed by atoms with E-state index in [1.54, 1.807) is 30.3 Å². The molecule has 0 bridgehead atoms. The van der Waals surface area contributed by atoms with Crippen LogP contribution in [-0.4, -0.2) is 33.9 Å². The van der Waals surface area contributed by atoms with Crippen molar-refractivity contribution in [2.24, 2.45) is 0 Å². The molecule has 106 valence electrons. The molecule has 5 nitrogen and oxygen atoms in total. The van der Waals surface area contributed by atoms with Crippen LogP contribution >= 0.6 is 0 Å². The third-order valence-corrected chi connectivity index (χ3v) is 3.18. The highest BCUT2D eigenvalue weighted by Gasteiger charge is 2.21. The van der Waals surface area contributed by atoms with E-state index in [1.807, 2.05) is 0 Å². The van der Waals surface area contributed by atoms with Crippen molar-refractivity contribution in [2.75, 3.05) is 6.54 Å². The quantitative estimate of drug-likeness (QED) is 0.672. The predicted octanol–water partition coefficient (Wildman–Crippen LogP) is 1.08. The van der Waals surface area contributed by atoms with E-state index in [1.165, 1.54) is 13.0 Å². The number of phenolic OH excluding ortho intramolecular Hbond substituents is 1. The molecular formula is C15H17NO4. The molecule has 2 aromatic carbocycles. The lowest BCUT2D eigenvalue weighted by atomic mass is 9.96. The van der Waals surface area contributed by atoms with Crippen molar-refractivity contribution in [2.45, 2.75) is 19.1 Å². The molecule has 0 aromatic heterocycles. The number of nitrogens with one attached hydrogen (secondary N) is 1. The Morgan fingerprint density at radius 2 is 1.80 bits per heavy atom. The molecule has 0 aliphatic heterocycles. The highest BCUT2D eigenvalue weighted by Crippen LogP contribution is 2.31. The molecule has 0 saturated heterocycles. The van der Waals surface area contributed by atoms with Crippen LogP contribution in [0.15, 0.2) is 36.4 Å². The van der Waals surface area contributed by atoms with E-state index in [2.05, 4.69) is 5.32 Å². The first-order valence-electron chi connectivity index (χ1n) is 6.32. The van der Waals surface area contributed by atoms with E-state index in [0.717, 1.165) is 0 Å². The van der Waals surface area contributed by atoms with Crippen molar-refractivity contribution in [1.82, 2.24) is 5.32 Å². The summed E-state index contributed by atoms with van der Waals surface area (Å²) in [4.78, 5) is 10.8. The smallest absolute Gasteiger partial charge is 0.216 e. The van der Waals surface area contributed by atoms with Crippen LogP contribution in [0.5, 0.6) is 5.75 Å². The maximum Gasteiger partial charge on any atom is 0.216 e. The van der Waals surface area contributed by atoms with E-state index in [9.17, 15) is 20.1 Å². The molecule has 0 fully saturated rings. The zero-order valence-electron chi connectivity index (χ0n) is 11.1. The molecule has 0 aliphatic rings. The van der Waals surface area contributed by atoms with E-state index in [0.29, 0.717) is 16.3 Å². The van der Waals surface area contributed by atoms with Gasteiger partial charge in [0.15, 0.2) is 0 Å². The maximum atomic E-state index is 10.8. The number of hydrogen-bond donors (Lipinski definition) is 4. The Balaban J connectivity index is 2.32. The number of carbonyl (C=O) groups excluding carboxylic acids is 1. The highest BCUT2D eigenvalue weighted by molar-refractivity contribution is 5.91. The van der Waals surface area contributed by atoms with Crippen LogP contribution in [0.25, 0.3) is 10.8 Å². The minimum absolute atomic E-state index is 0.0360. The second-order valence-corrected chi connectivity index (χ2v) is 4.67. The van der Waals surface area contributed by atoms with Crippen LogP contribution in [0.2, 0.25) is 0 Å². The Bertz CT molecular complexity index is 626. The van der Waals surface area contributed by atoms with Crippen molar-refractivity contribution in [3.8, 4) is 5.75 Å². The third-order valence-electron chi connectivity index (χ3n) is 3.18. The van der Waals surface area contributed by atoms with E-state index in [4.69, 9.17) is 0 Å². The molecule has 0 radical (unpaired) electrons. The largest absolute Gasteiger partial charge is 0.507 e. The average Bonchev–Trinajstić information content (AvgIpc) is 2.44. The summed E-state index contributed by atoms with van der Waals surface area (Å²) in [5.41, 5.74) is 0.510. The second-order valence-electron chi connectivity index (χ2n) is 4.67. The molecule has 2 rings (SSSR count). The number of amides is 1. The van der Waals surface area contributed by atoms with Gasteiger partial charge in [0.25, 0.3) is 0 Å². The molecule has 1 amide bonds. The molecule has 0 saturated carbocycles. The summed E-state index contributed by atoms with van der Waals surface area (Å²) >= 11 is 0. The monoisotopic (exact) mass is 275 g/mol. The van der Waals surface area contributed by atoms with Crippen LogP contribution in [0.1, 0.15) is 18.6 Å². The third kappa shape index (κ3) is 2.89. The van der Waals surface area contributed by atoms with Crippen molar-refractivity contribution < 1.29 is 20.1 Å². The SMILES string of the molecule is CC(=O)NCC(O)C(O)c1ccc(O)c2ccccc12. The van der Waals surface area contributed by atoms with Gasteiger partial charge in [-0.3, -0.25) is 4.79 Å². The second kappa shape index (κ2) is 5.90. The summed E-state index contributed by atoms with van der Waals surface area (Å²) in [5, 5.41) is 33.7. The van der Waals surface area contributed by atoms with Gasteiger partial charge in [0.1, 0.15) is 18.0 Å². The number of aliphatic hydroxyl groups is 2. The van der Waals surface area contributed by atoms with E-state index >= 15 is 0 Å². The average molecular weight is 275 g/mol. The normalized spacial score (nSPS) is 13.9. The summed E-state index contributed by atoms with van der Waals surface area (Å²) in [6.45, 7) is 1.31. The van der Waals surface area contributed by atoms with Gasteiger partial charge >= 0.3 is 0 Å². The van der Waals surface area contributed by atoms with Gasteiger partial charge in [0.2, 0.25) is 5.91 Å². The number of carbonyl (C=O) groups is 1. The van der Waals surface area contributed by atoms with E-state index in [-0.39, 0.29) is 18.2 Å². The van der Waals surface area contributed by atoms with E-state index < -0.39 is 12.2 Å².